The van der Waals surface area contributed by atoms with E-state index in [2.05, 4.69) is 48.5 Å². The molecule has 0 fully saturated rings. The smallest absolute Gasteiger partial charge is 0.0630 e. The van der Waals surface area contributed by atoms with E-state index in [4.69, 9.17) is 0 Å². The molecule has 0 saturated heterocycles. The zero-order valence-corrected chi connectivity index (χ0v) is 10.7. The molecule has 17 heavy (non-hydrogen) atoms. The lowest BCUT2D eigenvalue weighted by atomic mass is 10.2. The van der Waals surface area contributed by atoms with Gasteiger partial charge in [0.25, 0.3) is 0 Å². The van der Waals surface area contributed by atoms with Gasteiger partial charge < -0.3 is 5.11 Å². The molecule has 2 heteroatoms. The van der Waals surface area contributed by atoms with Crippen molar-refractivity contribution in [2.45, 2.75) is 12.3 Å². The van der Waals surface area contributed by atoms with Crippen LogP contribution >= 0.6 is 7.92 Å². The van der Waals surface area contributed by atoms with Crippen LogP contribution in [0.25, 0.3) is 0 Å². The molecule has 2 aromatic rings. The van der Waals surface area contributed by atoms with Crippen LogP contribution in [0.1, 0.15) is 11.1 Å². The average Bonchev–Trinajstić information content (AvgIpc) is 2.40. The van der Waals surface area contributed by atoms with Crippen molar-refractivity contribution in [3.63, 3.8) is 0 Å². The molecule has 1 nitrogen and oxygen atoms in total. The summed E-state index contributed by atoms with van der Waals surface area (Å²) in [7, 11) is -0.355. The van der Waals surface area contributed by atoms with Gasteiger partial charge in [-0.3, -0.25) is 0 Å². The molecule has 2 rings (SSSR count). The Bertz CT molecular complexity index is 386. The number of hydrogen-bond acceptors (Lipinski definition) is 1. The van der Waals surface area contributed by atoms with Gasteiger partial charge in [-0.05, 0) is 23.5 Å². The van der Waals surface area contributed by atoms with E-state index in [1.165, 1.54) is 11.1 Å². The molecule has 0 aliphatic rings. The molecule has 0 amide bonds. The van der Waals surface area contributed by atoms with E-state index in [-0.39, 0.29) is 7.92 Å². The van der Waals surface area contributed by atoms with Crippen molar-refractivity contribution >= 4 is 7.92 Å². The molecule has 0 bridgehead atoms. The molecular formula is C15H17OP. The monoisotopic (exact) mass is 244 g/mol. The number of aliphatic hydroxyl groups excluding tert-OH is 1. The summed E-state index contributed by atoms with van der Waals surface area (Å²) in [5, 5.41) is 9.48. The van der Waals surface area contributed by atoms with Gasteiger partial charge in [-0.15, -0.1) is 0 Å². The highest BCUT2D eigenvalue weighted by molar-refractivity contribution is 7.55. The standard InChI is InChI=1S/C15H17OP/c16-13-17(11-14-7-3-1-4-8-14)12-15-9-5-2-6-10-15/h1-10,16H,11-13H2. The molecule has 1 N–H and O–H groups in total. The molecule has 0 radical (unpaired) electrons. The quantitative estimate of drug-likeness (QED) is 0.793. The highest BCUT2D eigenvalue weighted by Gasteiger charge is 2.08. The fourth-order valence-electron chi connectivity index (χ4n) is 1.84. The second-order valence-corrected chi connectivity index (χ2v) is 6.36. The minimum Gasteiger partial charge on any atom is -0.392 e. The second-order valence-electron chi connectivity index (χ2n) is 4.10. The maximum atomic E-state index is 9.48. The Morgan fingerprint density at radius 1 is 0.706 bits per heavy atom. The number of benzene rings is 2. The third-order valence-electron chi connectivity index (χ3n) is 2.70. The predicted octanol–water partition coefficient (Wildman–Crippen LogP) is 3.82. The van der Waals surface area contributed by atoms with E-state index in [1.807, 2.05) is 12.1 Å². The zero-order chi connectivity index (χ0) is 11.9. The predicted molar refractivity (Wildman–Crippen MR) is 74.3 cm³/mol. The molecule has 0 saturated carbocycles. The van der Waals surface area contributed by atoms with E-state index in [1.54, 1.807) is 0 Å². The number of rotatable bonds is 5. The summed E-state index contributed by atoms with van der Waals surface area (Å²) >= 11 is 0. The summed E-state index contributed by atoms with van der Waals surface area (Å²) < 4.78 is 0. The van der Waals surface area contributed by atoms with Crippen molar-refractivity contribution in [3.05, 3.63) is 71.8 Å². The summed E-state index contributed by atoms with van der Waals surface area (Å²) in [4.78, 5) is 0. The van der Waals surface area contributed by atoms with E-state index in [0.717, 1.165) is 12.3 Å². The van der Waals surface area contributed by atoms with E-state index in [0.29, 0.717) is 6.35 Å². The van der Waals surface area contributed by atoms with Gasteiger partial charge in [0.05, 0.1) is 6.35 Å². The Balaban J connectivity index is 1.98. The van der Waals surface area contributed by atoms with Gasteiger partial charge in [0.1, 0.15) is 0 Å². The van der Waals surface area contributed by atoms with Crippen LogP contribution in [-0.4, -0.2) is 11.5 Å². The van der Waals surface area contributed by atoms with Crippen LogP contribution in [0.15, 0.2) is 60.7 Å². The first-order chi connectivity index (χ1) is 8.38. The van der Waals surface area contributed by atoms with Crippen molar-refractivity contribution in [1.82, 2.24) is 0 Å². The fraction of sp³-hybridized carbons (Fsp3) is 0.200. The average molecular weight is 244 g/mol. The van der Waals surface area contributed by atoms with Gasteiger partial charge in [-0.1, -0.05) is 68.6 Å². The molecule has 0 aliphatic carbocycles. The maximum Gasteiger partial charge on any atom is 0.0630 e. The molecule has 0 aromatic heterocycles. The van der Waals surface area contributed by atoms with Gasteiger partial charge in [-0.25, -0.2) is 0 Å². The van der Waals surface area contributed by atoms with Gasteiger partial charge in [-0.2, -0.15) is 0 Å². The van der Waals surface area contributed by atoms with Crippen molar-refractivity contribution in [2.24, 2.45) is 0 Å². The molecule has 0 unspecified atom stereocenters. The molecular weight excluding hydrogens is 227 g/mol. The third kappa shape index (κ3) is 3.96. The summed E-state index contributed by atoms with van der Waals surface area (Å²) in [6.45, 7) is 0. The van der Waals surface area contributed by atoms with Crippen LogP contribution in [0.2, 0.25) is 0 Å². The molecule has 0 spiro atoms. The third-order valence-corrected chi connectivity index (χ3v) is 4.72. The van der Waals surface area contributed by atoms with E-state index in [9.17, 15) is 5.11 Å². The Hall–Kier alpha value is -1.17. The first-order valence-electron chi connectivity index (χ1n) is 5.79. The normalized spacial score (nSPS) is 10.7. The lowest BCUT2D eigenvalue weighted by molar-refractivity contribution is 0.369. The molecule has 0 heterocycles. The summed E-state index contributed by atoms with van der Waals surface area (Å²) in [6.07, 6.45) is 2.31. The van der Waals surface area contributed by atoms with Crippen molar-refractivity contribution in [3.8, 4) is 0 Å². The largest absolute Gasteiger partial charge is 0.392 e. The van der Waals surface area contributed by atoms with Crippen LogP contribution < -0.4 is 0 Å². The van der Waals surface area contributed by atoms with Gasteiger partial charge >= 0.3 is 0 Å². The number of aliphatic hydroxyl groups is 1. The summed E-state index contributed by atoms with van der Waals surface area (Å²) in [5.74, 6) is 0. The molecule has 88 valence electrons. The maximum absolute atomic E-state index is 9.48. The highest BCUT2D eigenvalue weighted by atomic mass is 31.1. The molecule has 0 atom stereocenters. The Kier molecular flexibility index (Phi) is 4.73. The first kappa shape index (κ1) is 12.3. The topological polar surface area (TPSA) is 20.2 Å². The first-order valence-corrected chi connectivity index (χ1v) is 7.69. The minimum absolute atomic E-state index is 0.305. The van der Waals surface area contributed by atoms with E-state index < -0.39 is 0 Å². The minimum atomic E-state index is -0.355. The fourth-order valence-corrected chi connectivity index (χ4v) is 3.61. The van der Waals surface area contributed by atoms with Gasteiger partial charge in [0, 0.05) is 0 Å². The molecule has 0 aliphatic heterocycles. The van der Waals surface area contributed by atoms with Gasteiger partial charge in [0.15, 0.2) is 0 Å². The van der Waals surface area contributed by atoms with Crippen molar-refractivity contribution in [2.75, 3.05) is 6.35 Å². The van der Waals surface area contributed by atoms with Crippen molar-refractivity contribution in [1.29, 1.82) is 0 Å². The zero-order valence-electron chi connectivity index (χ0n) is 9.79. The van der Waals surface area contributed by atoms with Gasteiger partial charge in [0.2, 0.25) is 0 Å². The second kappa shape index (κ2) is 6.54. The lowest BCUT2D eigenvalue weighted by Gasteiger charge is -2.15. The Labute approximate surface area is 104 Å². The lowest BCUT2D eigenvalue weighted by Crippen LogP contribution is -1.92. The summed E-state index contributed by atoms with van der Waals surface area (Å²) in [6, 6.07) is 20.8. The van der Waals surface area contributed by atoms with Crippen LogP contribution in [0.4, 0.5) is 0 Å². The number of hydrogen-bond donors (Lipinski definition) is 1. The Morgan fingerprint density at radius 3 is 1.47 bits per heavy atom. The van der Waals surface area contributed by atoms with Crippen LogP contribution in [-0.2, 0) is 12.3 Å². The highest BCUT2D eigenvalue weighted by Crippen LogP contribution is 2.41. The SMILES string of the molecule is OCP(Cc1ccccc1)Cc1ccccc1. The van der Waals surface area contributed by atoms with Crippen molar-refractivity contribution < 1.29 is 5.11 Å². The Morgan fingerprint density at radius 2 is 1.12 bits per heavy atom. The van der Waals surface area contributed by atoms with Crippen LogP contribution in [0.5, 0.6) is 0 Å². The summed E-state index contributed by atoms with van der Waals surface area (Å²) in [5.41, 5.74) is 2.65. The van der Waals surface area contributed by atoms with Crippen LogP contribution in [0, 0.1) is 0 Å². The van der Waals surface area contributed by atoms with E-state index >= 15 is 0 Å². The van der Waals surface area contributed by atoms with Crippen LogP contribution in [0.3, 0.4) is 0 Å². The molecule has 2 aromatic carbocycles.